The predicted molar refractivity (Wildman–Crippen MR) is 109 cm³/mol. The molecule has 2 aromatic carbocycles. The molecule has 0 fully saturated rings. The average Bonchev–Trinajstić information content (AvgIpc) is 2.70. The van der Waals surface area contributed by atoms with Crippen LogP contribution in [0.5, 0.6) is 0 Å². The molecule has 28 heavy (non-hydrogen) atoms. The molecule has 1 atom stereocenters. The highest BCUT2D eigenvalue weighted by Gasteiger charge is 2.25. The Labute approximate surface area is 167 Å². The summed E-state index contributed by atoms with van der Waals surface area (Å²) in [6, 6.07) is 12.0. The molecule has 0 radical (unpaired) electrons. The summed E-state index contributed by atoms with van der Waals surface area (Å²) in [7, 11) is 0. The van der Waals surface area contributed by atoms with Crippen LogP contribution >= 0.6 is 0 Å². The van der Waals surface area contributed by atoms with Crippen molar-refractivity contribution in [2.24, 2.45) is 5.92 Å². The first-order chi connectivity index (χ1) is 13.6. The molecule has 0 heterocycles. The van der Waals surface area contributed by atoms with Gasteiger partial charge in [-0.1, -0.05) is 50.5 Å². The van der Waals surface area contributed by atoms with Crippen molar-refractivity contribution in [2.45, 2.75) is 71.1 Å². The van der Waals surface area contributed by atoms with Crippen LogP contribution in [0.2, 0.25) is 0 Å². The van der Waals surface area contributed by atoms with Gasteiger partial charge in [0.05, 0.1) is 0 Å². The third-order valence-corrected chi connectivity index (χ3v) is 6.02. The van der Waals surface area contributed by atoms with Gasteiger partial charge in [0.2, 0.25) is 0 Å². The monoisotopic (exact) mass is 381 g/mol. The van der Waals surface area contributed by atoms with Gasteiger partial charge in [-0.25, -0.2) is 8.78 Å². The highest BCUT2D eigenvalue weighted by atomic mass is 19.1. The van der Waals surface area contributed by atoms with E-state index in [-0.39, 0.29) is 0 Å². The Morgan fingerprint density at radius 3 is 2.43 bits per heavy atom. The Hall–Kier alpha value is -2.21. The maximum absolute atomic E-state index is 14.3. The minimum atomic E-state index is -0.728. The van der Waals surface area contributed by atoms with Crippen molar-refractivity contribution in [1.29, 1.82) is 5.26 Å². The number of halogens is 2. The summed E-state index contributed by atoms with van der Waals surface area (Å²) < 4.78 is 28.2. The van der Waals surface area contributed by atoms with Crippen LogP contribution in [-0.4, -0.2) is 0 Å². The van der Waals surface area contributed by atoms with E-state index in [0.717, 1.165) is 31.2 Å². The standard InChI is InChI=1S/C25H29F2N/c1-2-3-4-5-6-18-7-9-19(10-8-18)11-12-20-13-14-22-21(15-20)16-24(26)23(17-28)25(22)27/h7-10,16,20H,2-6,11-15H2,1H3. The number of nitrogens with zero attached hydrogens (tertiary/aromatic N) is 1. The van der Waals surface area contributed by atoms with Gasteiger partial charge in [0.25, 0.3) is 0 Å². The van der Waals surface area contributed by atoms with E-state index in [1.165, 1.54) is 42.9 Å². The molecule has 0 saturated heterocycles. The van der Waals surface area contributed by atoms with Gasteiger partial charge in [-0.05, 0) is 79.2 Å². The number of unbranched alkanes of at least 4 members (excludes halogenated alkanes) is 3. The van der Waals surface area contributed by atoms with E-state index < -0.39 is 17.2 Å². The number of fused-ring (bicyclic) bond motifs is 1. The van der Waals surface area contributed by atoms with Crippen LogP contribution in [-0.2, 0) is 25.7 Å². The third kappa shape index (κ3) is 4.98. The molecule has 0 saturated carbocycles. The lowest BCUT2D eigenvalue weighted by molar-refractivity contribution is 0.415. The second-order valence-corrected chi connectivity index (χ2v) is 8.07. The van der Waals surface area contributed by atoms with E-state index >= 15 is 0 Å². The summed E-state index contributed by atoms with van der Waals surface area (Å²) >= 11 is 0. The lowest BCUT2D eigenvalue weighted by atomic mass is 9.80. The van der Waals surface area contributed by atoms with Crippen LogP contribution in [0.4, 0.5) is 8.78 Å². The van der Waals surface area contributed by atoms with E-state index in [4.69, 9.17) is 5.26 Å². The van der Waals surface area contributed by atoms with Gasteiger partial charge in [-0.2, -0.15) is 5.26 Å². The highest BCUT2D eigenvalue weighted by Crippen LogP contribution is 2.32. The number of nitriles is 1. The molecule has 1 nitrogen and oxygen atoms in total. The quantitative estimate of drug-likeness (QED) is 0.467. The van der Waals surface area contributed by atoms with E-state index in [2.05, 4.69) is 31.2 Å². The second-order valence-electron chi connectivity index (χ2n) is 8.07. The first-order valence-corrected chi connectivity index (χ1v) is 10.6. The lowest BCUT2D eigenvalue weighted by Crippen LogP contribution is -2.17. The summed E-state index contributed by atoms with van der Waals surface area (Å²) in [6.07, 6.45) is 10.5. The van der Waals surface area contributed by atoms with Gasteiger partial charge >= 0.3 is 0 Å². The minimum absolute atomic E-state index is 0.438. The molecule has 1 aliphatic rings. The fourth-order valence-corrected chi connectivity index (χ4v) is 4.27. The molecule has 1 unspecified atom stereocenters. The van der Waals surface area contributed by atoms with Gasteiger partial charge in [-0.15, -0.1) is 0 Å². The molecule has 0 aromatic heterocycles. The molecular weight excluding hydrogens is 352 g/mol. The van der Waals surface area contributed by atoms with Crippen molar-refractivity contribution in [3.8, 4) is 6.07 Å². The van der Waals surface area contributed by atoms with Gasteiger partial charge in [0, 0.05) is 0 Å². The number of rotatable bonds is 8. The molecule has 0 N–H and O–H groups in total. The summed E-state index contributed by atoms with van der Waals surface area (Å²) in [5.74, 6) is -0.938. The van der Waals surface area contributed by atoms with Crippen LogP contribution < -0.4 is 0 Å². The fourth-order valence-electron chi connectivity index (χ4n) is 4.27. The molecular formula is C25H29F2N. The van der Waals surface area contributed by atoms with Crippen molar-refractivity contribution in [3.05, 3.63) is 69.8 Å². The Bertz CT molecular complexity index is 833. The zero-order valence-electron chi connectivity index (χ0n) is 16.7. The van der Waals surface area contributed by atoms with Crippen molar-refractivity contribution in [2.75, 3.05) is 0 Å². The zero-order chi connectivity index (χ0) is 19.9. The van der Waals surface area contributed by atoms with Crippen LogP contribution in [0.3, 0.4) is 0 Å². The van der Waals surface area contributed by atoms with E-state index in [1.54, 1.807) is 6.07 Å². The molecule has 0 bridgehead atoms. The highest BCUT2D eigenvalue weighted by molar-refractivity contribution is 5.42. The number of hydrogen-bond acceptors (Lipinski definition) is 1. The van der Waals surface area contributed by atoms with Crippen molar-refractivity contribution in [3.63, 3.8) is 0 Å². The van der Waals surface area contributed by atoms with Gasteiger partial charge in [-0.3, -0.25) is 0 Å². The molecule has 3 heteroatoms. The number of aryl methyl sites for hydroxylation is 2. The van der Waals surface area contributed by atoms with Gasteiger partial charge < -0.3 is 0 Å². The van der Waals surface area contributed by atoms with E-state index in [9.17, 15) is 8.78 Å². The zero-order valence-corrected chi connectivity index (χ0v) is 16.7. The summed E-state index contributed by atoms with van der Waals surface area (Å²) in [5, 5.41) is 8.92. The third-order valence-electron chi connectivity index (χ3n) is 6.02. The van der Waals surface area contributed by atoms with Gasteiger partial charge in [0.1, 0.15) is 23.3 Å². The molecule has 0 aliphatic heterocycles. The topological polar surface area (TPSA) is 23.8 Å². The fraction of sp³-hybridized carbons (Fsp3) is 0.480. The number of benzene rings is 2. The summed E-state index contributed by atoms with van der Waals surface area (Å²) in [6.45, 7) is 2.23. The molecule has 3 rings (SSSR count). The molecule has 1 aliphatic carbocycles. The van der Waals surface area contributed by atoms with Crippen molar-refractivity contribution >= 4 is 0 Å². The van der Waals surface area contributed by atoms with Crippen molar-refractivity contribution in [1.82, 2.24) is 0 Å². The van der Waals surface area contributed by atoms with Gasteiger partial charge in [0.15, 0.2) is 0 Å². The van der Waals surface area contributed by atoms with Crippen LogP contribution in [0, 0.1) is 28.9 Å². The Morgan fingerprint density at radius 1 is 1.04 bits per heavy atom. The predicted octanol–water partition coefficient (Wildman–Crippen LogP) is 6.70. The smallest absolute Gasteiger partial charge is 0.147 e. The number of hydrogen-bond donors (Lipinski definition) is 0. The normalized spacial score (nSPS) is 15.9. The van der Waals surface area contributed by atoms with Crippen LogP contribution in [0.25, 0.3) is 0 Å². The lowest BCUT2D eigenvalue weighted by Gasteiger charge is -2.25. The SMILES string of the molecule is CCCCCCc1ccc(CCC2CCc3c(cc(F)c(C#N)c3F)C2)cc1. The molecule has 0 spiro atoms. The Kier molecular flexibility index (Phi) is 7.20. The van der Waals surface area contributed by atoms with Crippen LogP contribution in [0.15, 0.2) is 30.3 Å². The maximum atomic E-state index is 14.3. The Balaban J connectivity index is 1.53. The second kappa shape index (κ2) is 9.82. The minimum Gasteiger partial charge on any atom is -0.205 e. The maximum Gasteiger partial charge on any atom is 0.147 e. The first kappa shape index (κ1) is 20.5. The van der Waals surface area contributed by atoms with E-state index in [1.807, 2.05) is 0 Å². The average molecular weight is 382 g/mol. The Morgan fingerprint density at radius 2 is 1.75 bits per heavy atom. The first-order valence-electron chi connectivity index (χ1n) is 10.6. The molecule has 2 aromatic rings. The summed E-state index contributed by atoms with van der Waals surface area (Å²) in [5.41, 5.74) is 3.59. The largest absolute Gasteiger partial charge is 0.205 e. The molecule has 148 valence electrons. The summed E-state index contributed by atoms with van der Waals surface area (Å²) in [4.78, 5) is 0. The van der Waals surface area contributed by atoms with Crippen LogP contribution in [0.1, 0.15) is 73.3 Å². The van der Waals surface area contributed by atoms with Crippen molar-refractivity contribution < 1.29 is 8.78 Å². The molecule has 0 amide bonds. The van der Waals surface area contributed by atoms with E-state index in [0.29, 0.717) is 24.3 Å².